The highest BCUT2D eigenvalue weighted by atomic mass is 35.5. The van der Waals surface area contributed by atoms with Gasteiger partial charge in [0.15, 0.2) is 0 Å². The minimum atomic E-state index is 0. The third-order valence-corrected chi connectivity index (χ3v) is 3.17. The lowest BCUT2D eigenvalue weighted by Gasteiger charge is -2.10. The molecule has 0 amide bonds. The fourth-order valence-electron chi connectivity index (χ4n) is 2.15. The van der Waals surface area contributed by atoms with Gasteiger partial charge in [0.2, 0.25) is 5.95 Å². The summed E-state index contributed by atoms with van der Waals surface area (Å²) >= 11 is 0. The van der Waals surface area contributed by atoms with Gasteiger partial charge in [-0.3, -0.25) is 0 Å². The molecule has 0 atom stereocenters. The summed E-state index contributed by atoms with van der Waals surface area (Å²) in [5.74, 6) is 2.13. The van der Waals surface area contributed by atoms with Crippen molar-refractivity contribution in [3.63, 3.8) is 0 Å². The fourth-order valence-corrected chi connectivity index (χ4v) is 2.15. The van der Waals surface area contributed by atoms with Crippen molar-refractivity contribution in [1.29, 1.82) is 0 Å². The van der Waals surface area contributed by atoms with Crippen LogP contribution in [0, 0.1) is 0 Å². The van der Waals surface area contributed by atoms with Crippen LogP contribution in [0.4, 0.5) is 17.5 Å². The molecule has 5 nitrogen and oxygen atoms in total. The van der Waals surface area contributed by atoms with Crippen molar-refractivity contribution < 1.29 is 4.74 Å². The van der Waals surface area contributed by atoms with Gasteiger partial charge >= 0.3 is 0 Å². The fraction of sp³-hybridized carbons (Fsp3) is 0.125. The Labute approximate surface area is 135 Å². The molecule has 0 bridgehead atoms. The van der Waals surface area contributed by atoms with E-state index >= 15 is 0 Å². The number of rotatable bonds is 4. The number of halogens is 1. The molecule has 2 N–H and O–H groups in total. The number of ether oxygens (including phenoxy) is 1. The van der Waals surface area contributed by atoms with Gasteiger partial charge in [-0.05, 0) is 24.3 Å². The predicted octanol–water partition coefficient (Wildman–Crippen LogP) is 3.85. The Hall–Kier alpha value is -2.53. The van der Waals surface area contributed by atoms with Gasteiger partial charge in [0.05, 0.1) is 12.6 Å². The van der Waals surface area contributed by atoms with E-state index in [0.29, 0.717) is 5.95 Å². The average molecular weight is 317 g/mol. The molecule has 1 heterocycles. The highest BCUT2D eigenvalue weighted by Crippen LogP contribution is 2.24. The van der Waals surface area contributed by atoms with Crippen molar-refractivity contribution in [1.82, 2.24) is 9.97 Å². The van der Waals surface area contributed by atoms with Crippen molar-refractivity contribution in [3.8, 4) is 5.75 Å². The largest absolute Gasteiger partial charge is 0.497 e. The van der Waals surface area contributed by atoms with Crippen LogP contribution in [0.3, 0.4) is 0 Å². The number of para-hydroxylation sites is 1. The number of nitrogens with zero attached hydrogens (tertiary/aromatic N) is 2. The zero-order valence-electron chi connectivity index (χ0n) is 12.3. The monoisotopic (exact) mass is 316 g/mol. The van der Waals surface area contributed by atoms with E-state index in [1.165, 1.54) is 0 Å². The molecule has 2 aromatic carbocycles. The van der Waals surface area contributed by atoms with Gasteiger partial charge in [0, 0.05) is 24.2 Å². The van der Waals surface area contributed by atoms with Gasteiger partial charge in [-0.25, -0.2) is 4.98 Å². The minimum absolute atomic E-state index is 0. The molecule has 114 valence electrons. The molecule has 0 radical (unpaired) electrons. The molecule has 22 heavy (non-hydrogen) atoms. The lowest BCUT2D eigenvalue weighted by Crippen LogP contribution is -2.02. The van der Waals surface area contributed by atoms with E-state index in [4.69, 9.17) is 4.74 Å². The van der Waals surface area contributed by atoms with Crippen LogP contribution in [0.15, 0.2) is 48.5 Å². The second-order valence-corrected chi connectivity index (χ2v) is 4.52. The van der Waals surface area contributed by atoms with Crippen molar-refractivity contribution in [3.05, 3.63) is 48.5 Å². The number of methoxy groups -OCH3 is 1. The topological polar surface area (TPSA) is 59.1 Å². The molecule has 0 spiro atoms. The first-order chi connectivity index (χ1) is 10.3. The summed E-state index contributed by atoms with van der Waals surface area (Å²) < 4.78 is 5.21. The van der Waals surface area contributed by atoms with Crippen LogP contribution in [0.5, 0.6) is 5.75 Å². The molecule has 1 aromatic heterocycles. The van der Waals surface area contributed by atoms with E-state index in [2.05, 4.69) is 20.6 Å². The van der Waals surface area contributed by atoms with E-state index < -0.39 is 0 Å². The molecular formula is C16H17ClN4O. The van der Waals surface area contributed by atoms with E-state index in [-0.39, 0.29) is 12.4 Å². The summed E-state index contributed by atoms with van der Waals surface area (Å²) in [6.45, 7) is 0. The quantitative estimate of drug-likeness (QED) is 0.765. The van der Waals surface area contributed by atoms with Crippen LogP contribution in [0.25, 0.3) is 10.9 Å². The Morgan fingerprint density at radius 3 is 2.59 bits per heavy atom. The van der Waals surface area contributed by atoms with Gasteiger partial charge in [-0.2, -0.15) is 4.98 Å². The molecule has 0 fully saturated rings. The summed E-state index contributed by atoms with van der Waals surface area (Å²) in [7, 11) is 3.49. The Morgan fingerprint density at radius 1 is 1.00 bits per heavy atom. The Morgan fingerprint density at radius 2 is 1.82 bits per heavy atom. The van der Waals surface area contributed by atoms with Crippen LogP contribution in [-0.4, -0.2) is 24.1 Å². The van der Waals surface area contributed by atoms with Crippen molar-refractivity contribution >= 4 is 40.8 Å². The maximum atomic E-state index is 5.21. The van der Waals surface area contributed by atoms with Crippen molar-refractivity contribution in [2.24, 2.45) is 0 Å². The number of anilines is 3. The number of hydrogen-bond donors (Lipinski definition) is 2. The van der Waals surface area contributed by atoms with Crippen molar-refractivity contribution in [2.45, 2.75) is 0 Å². The molecule has 3 rings (SSSR count). The number of hydrogen-bond acceptors (Lipinski definition) is 5. The molecular weight excluding hydrogens is 300 g/mol. The first kappa shape index (κ1) is 15.9. The molecule has 0 aliphatic carbocycles. The molecule has 0 unspecified atom stereocenters. The number of aromatic nitrogens is 2. The standard InChI is InChI=1S/C16H16N4O.ClH/c1-17-15-13-8-3-4-9-14(13)19-16(20-15)18-11-6-5-7-12(10-11)21-2;/h3-10H,1-2H3,(H2,17,18,19,20);1H. The summed E-state index contributed by atoms with van der Waals surface area (Å²) in [5, 5.41) is 7.30. The lowest BCUT2D eigenvalue weighted by atomic mass is 10.2. The van der Waals surface area contributed by atoms with Gasteiger partial charge < -0.3 is 15.4 Å². The normalized spacial score (nSPS) is 9.91. The van der Waals surface area contributed by atoms with E-state index in [0.717, 1.165) is 28.2 Å². The SMILES string of the molecule is CNc1nc(Nc2cccc(OC)c2)nc2ccccc12.Cl. The van der Waals surface area contributed by atoms with E-state index in [9.17, 15) is 0 Å². The van der Waals surface area contributed by atoms with E-state index in [1.54, 1.807) is 7.11 Å². The van der Waals surface area contributed by atoms with Crippen LogP contribution < -0.4 is 15.4 Å². The van der Waals surface area contributed by atoms with Gasteiger partial charge in [0.25, 0.3) is 0 Å². The number of nitrogens with one attached hydrogen (secondary N) is 2. The van der Waals surface area contributed by atoms with Crippen LogP contribution in [-0.2, 0) is 0 Å². The second-order valence-electron chi connectivity index (χ2n) is 4.52. The first-order valence-corrected chi connectivity index (χ1v) is 6.66. The summed E-state index contributed by atoms with van der Waals surface area (Å²) in [6.07, 6.45) is 0. The highest BCUT2D eigenvalue weighted by molar-refractivity contribution is 5.90. The Bertz CT molecular complexity index is 779. The summed E-state index contributed by atoms with van der Waals surface area (Å²) in [5.41, 5.74) is 1.77. The maximum Gasteiger partial charge on any atom is 0.229 e. The van der Waals surface area contributed by atoms with Crippen LogP contribution >= 0.6 is 12.4 Å². The summed E-state index contributed by atoms with van der Waals surface area (Å²) in [4.78, 5) is 9.03. The predicted molar refractivity (Wildman–Crippen MR) is 92.6 cm³/mol. The summed E-state index contributed by atoms with van der Waals surface area (Å²) in [6, 6.07) is 15.6. The molecule has 6 heteroatoms. The maximum absolute atomic E-state index is 5.21. The first-order valence-electron chi connectivity index (χ1n) is 6.66. The molecule has 0 aliphatic rings. The lowest BCUT2D eigenvalue weighted by molar-refractivity contribution is 0.415. The number of fused-ring (bicyclic) bond motifs is 1. The highest BCUT2D eigenvalue weighted by Gasteiger charge is 2.06. The van der Waals surface area contributed by atoms with Crippen molar-refractivity contribution in [2.75, 3.05) is 24.8 Å². The average Bonchev–Trinajstić information content (AvgIpc) is 2.54. The smallest absolute Gasteiger partial charge is 0.229 e. The molecule has 0 aliphatic heterocycles. The van der Waals surface area contributed by atoms with Crippen LogP contribution in [0.1, 0.15) is 0 Å². The minimum Gasteiger partial charge on any atom is -0.497 e. The molecule has 0 saturated carbocycles. The Kier molecular flexibility index (Phi) is 5.01. The van der Waals surface area contributed by atoms with E-state index in [1.807, 2.05) is 55.6 Å². The van der Waals surface area contributed by atoms with Gasteiger partial charge in [-0.15, -0.1) is 12.4 Å². The van der Waals surface area contributed by atoms with Gasteiger partial charge in [0.1, 0.15) is 11.6 Å². The number of benzene rings is 2. The zero-order chi connectivity index (χ0) is 14.7. The van der Waals surface area contributed by atoms with Gasteiger partial charge in [-0.1, -0.05) is 18.2 Å². The molecule has 3 aromatic rings. The Balaban J connectivity index is 0.00000176. The van der Waals surface area contributed by atoms with Crippen LogP contribution in [0.2, 0.25) is 0 Å². The molecule has 0 saturated heterocycles. The third-order valence-electron chi connectivity index (χ3n) is 3.17. The third kappa shape index (κ3) is 3.20. The second kappa shape index (κ2) is 6.95. The zero-order valence-corrected chi connectivity index (χ0v) is 13.1.